The van der Waals surface area contributed by atoms with Crippen LogP contribution in [0, 0.1) is 13.8 Å². The zero-order chi connectivity index (χ0) is 12.4. The fourth-order valence-electron chi connectivity index (χ4n) is 1.35. The fraction of sp³-hybridized carbons (Fsp3) is 0.182. The molecule has 1 aromatic carbocycles. The molecule has 1 heterocycles. The smallest absolute Gasteiger partial charge is 0.261 e. The highest BCUT2D eigenvalue weighted by Crippen LogP contribution is 2.20. The van der Waals surface area contributed by atoms with Gasteiger partial charge < -0.3 is 5.11 Å². The number of hydrogen-bond donors (Lipinski definition) is 2. The molecule has 1 aromatic heterocycles. The Bertz CT molecular complexity index is 566. The number of amides is 1. The normalized spacial score (nSPS) is 10.2. The quantitative estimate of drug-likeness (QED) is 0.854. The molecule has 2 rings (SSSR count). The van der Waals surface area contributed by atoms with E-state index in [1.807, 2.05) is 6.92 Å². The zero-order valence-electron chi connectivity index (χ0n) is 9.39. The van der Waals surface area contributed by atoms with E-state index in [-0.39, 0.29) is 11.3 Å². The Balaban J connectivity index is 2.20. The van der Waals surface area contributed by atoms with Crippen molar-refractivity contribution in [1.29, 1.82) is 0 Å². The molecule has 0 fully saturated rings. The lowest BCUT2D eigenvalue weighted by Gasteiger charge is -2.04. The van der Waals surface area contributed by atoms with E-state index < -0.39 is 5.91 Å². The lowest BCUT2D eigenvalue weighted by molar-refractivity contribution is 0.102. The first-order valence-electron chi connectivity index (χ1n) is 4.97. The summed E-state index contributed by atoms with van der Waals surface area (Å²) in [5.41, 5.74) is 1.12. The van der Waals surface area contributed by atoms with Gasteiger partial charge in [0.25, 0.3) is 5.91 Å². The second-order valence-electron chi connectivity index (χ2n) is 3.62. The summed E-state index contributed by atoms with van der Waals surface area (Å²) in [6, 6.07) is 4.88. The molecule has 5 nitrogen and oxygen atoms in total. The van der Waals surface area contributed by atoms with Gasteiger partial charge in [-0.25, -0.2) is 4.98 Å². The van der Waals surface area contributed by atoms with Crippen LogP contribution in [0.3, 0.4) is 0 Å². The lowest BCUT2D eigenvalue weighted by Crippen LogP contribution is -2.11. The summed E-state index contributed by atoms with van der Waals surface area (Å²) in [5.74, 6) is 0.181. The molecule has 0 spiro atoms. The van der Waals surface area contributed by atoms with E-state index in [4.69, 9.17) is 0 Å². The predicted molar refractivity (Wildman–Crippen MR) is 65.4 cm³/mol. The van der Waals surface area contributed by atoms with Crippen molar-refractivity contribution < 1.29 is 9.90 Å². The van der Waals surface area contributed by atoms with Crippen molar-refractivity contribution >= 4 is 22.6 Å². The van der Waals surface area contributed by atoms with Crippen LogP contribution in [-0.2, 0) is 0 Å². The maximum atomic E-state index is 11.8. The van der Waals surface area contributed by atoms with Crippen LogP contribution in [0.25, 0.3) is 0 Å². The molecular formula is C11H11N3O2S. The number of rotatable bonds is 2. The first-order valence-corrected chi connectivity index (χ1v) is 5.75. The van der Waals surface area contributed by atoms with Crippen LogP contribution in [-0.4, -0.2) is 20.4 Å². The summed E-state index contributed by atoms with van der Waals surface area (Å²) in [5, 5.41) is 12.7. The fourth-order valence-corrected chi connectivity index (χ4v) is 1.92. The average molecular weight is 249 g/mol. The Morgan fingerprint density at radius 1 is 1.41 bits per heavy atom. The van der Waals surface area contributed by atoms with Crippen LogP contribution in [0.15, 0.2) is 18.2 Å². The van der Waals surface area contributed by atoms with Crippen LogP contribution in [0.1, 0.15) is 21.7 Å². The lowest BCUT2D eigenvalue weighted by atomic mass is 10.1. The van der Waals surface area contributed by atoms with E-state index >= 15 is 0 Å². The number of nitrogens with zero attached hydrogens (tertiary/aromatic N) is 2. The van der Waals surface area contributed by atoms with Crippen molar-refractivity contribution in [2.24, 2.45) is 0 Å². The molecule has 0 aliphatic heterocycles. The molecule has 0 saturated heterocycles. The number of phenols is 1. The van der Waals surface area contributed by atoms with Gasteiger partial charge in [0.1, 0.15) is 11.6 Å². The van der Waals surface area contributed by atoms with Crippen LogP contribution < -0.4 is 5.32 Å². The van der Waals surface area contributed by atoms with Gasteiger partial charge >= 0.3 is 0 Å². The Morgan fingerprint density at radius 3 is 2.76 bits per heavy atom. The largest absolute Gasteiger partial charge is 0.507 e. The Morgan fingerprint density at radius 2 is 2.18 bits per heavy atom. The Labute approximate surface area is 102 Å². The molecule has 88 valence electrons. The van der Waals surface area contributed by atoms with E-state index in [2.05, 4.69) is 14.7 Å². The summed E-state index contributed by atoms with van der Waals surface area (Å²) in [7, 11) is 0. The van der Waals surface area contributed by atoms with Crippen LogP contribution in [0.2, 0.25) is 0 Å². The monoisotopic (exact) mass is 249 g/mol. The molecule has 0 atom stereocenters. The van der Waals surface area contributed by atoms with E-state index in [9.17, 15) is 9.90 Å². The zero-order valence-corrected chi connectivity index (χ0v) is 10.2. The summed E-state index contributed by atoms with van der Waals surface area (Å²) < 4.78 is 3.95. The number of benzene rings is 1. The van der Waals surface area contributed by atoms with E-state index in [1.165, 1.54) is 0 Å². The van der Waals surface area contributed by atoms with Crippen molar-refractivity contribution in [2.75, 3.05) is 5.32 Å². The van der Waals surface area contributed by atoms with Gasteiger partial charge in [0.05, 0.1) is 5.56 Å². The standard InChI is InChI=1S/C11H11N3O2S/c1-6-3-4-8(9(15)5-6)10(16)13-11-12-7(2)14-17-11/h3-5,15H,1-2H3,(H,12,13,14,16). The molecule has 0 bridgehead atoms. The van der Waals surface area contributed by atoms with Gasteiger partial charge in [-0.1, -0.05) is 6.07 Å². The summed E-state index contributed by atoms with van der Waals surface area (Å²) in [6.07, 6.45) is 0. The van der Waals surface area contributed by atoms with Gasteiger partial charge in [0.15, 0.2) is 0 Å². The average Bonchev–Trinajstić information content (AvgIpc) is 2.63. The number of aromatic nitrogens is 2. The highest BCUT2D eigenvalue weighted by Gasteiger charge is 2.12. The summed E-state index contributed by atoms with van der Waals surface area (Å²) >= 11 is 1.11. The van der Waals surface area contributed by atoms with Crippen molar-refractivity contribution in [1.82, 2.24) is 9.36 Å². The third-order valence-electron chi connectivity index (χ3n) is 2.15. The molecule has 0 aliphatic rings. The molecule has 6 heteroatoms. The number of phenolic OH excluding ortho intramolecular Hbond substituents is 1. The predicted octanol–water partition coefficient (Wildman–Crippen LogP) is 2.11. The minimum Gasteiger partial charge on any atom is -0.507 e. The molecule has 0 saturated carbocycles. The molecule has 0 unspecified atom stereocenters. The third-order valence-corrected chi connectivity index (χ3v) is 2.87. The topological polar surface area (TPSA) is 75.1 Å². The Hall–Kier alpha value is -1.95. The number of carbonyl (C=O) groups is 1. The molecular weight excluding hydrogens is 238 g/mol. The molecule has 2 N–H and O–H groups in total. The number of aromatic hydroxyl groups is 1. The number of aryl methyl sites for hydroxylation is 2. The first kappa shape index (κ1) is 11.5. The summed E-state index contributed by atoms with van der Waals surface area (Å²) in [6.45, 7) is 3.59. The van der Waals surface area contributed by atoms with Crippen molar-refractivity contribution in [3.8, 4) is 5.75 Å². The third kappa shape index (κ3) is 2.59. The van der Waals surface area contributed by atoms with E-state index in [0.717, 1.165) is 17.1 Å². The SMILES string of the molecule is Cc1ccc(C(=O)Nc2nc(C)ns2)c(O)c1. The highest BCUT2D eigenvalue weighted by molar-refractivity contribution is 7.09. The van der Waals surface area contributed by atoms with Crippen LogP contribution in [0.5, 0.6) is 5.75 Å². The number of carbonyl (C=O) groups excluding carboxylic acids is 1. The van der Waals surface area contributed by atoms with Gasteiger partial charge in [-0.3, -0.25) is 10.1 Å². The molecule has 17 heavy (non-hydrogen) atoms. The van der Waals surface area contributed by atoms with Crippen LogP contribution >= 0.6 is 11.5 Å². The molecule has 1 amide bonds. The van der Waals surface area contributed by atoms with E-state index in [0.29, 0.717) is 11.0 Å². The first-order chi connectivity index (χ1) is 8.06. The second-order valence-corrected chi connectivity index (χ2v) is 4.37. The van der Waals surface area contributed by atoms with Gasteiger partial charge in [-0.05, 0) is 31.5 Å². The van der Waals surface area contributed by atoms with Crippen LogP contribution in [0.4, 0.5) is 5.13 Å². The number of hydrogen-bond acceptors (Lipinski definition) is 5. The molecule has 2 aromatic rings. The van der Waals surface area contributed by atoms with Gasteiger partial charge in [0, 0.05) is 11.5 Å². The second kappa shape index (κ2) is 4.50. The minimum absolute atomic E-state index is 0.0382. The number of nitrogens with one attached hydrogen (secondary N) is 1. The minimum atomic E-state index is -0.390. The Kier molecular flexibility index (Phi) is 3.06. The molecule has 0 radical (unpaired) electrons. The van der Waals surface area contributed by atoms with Crippen molar-refractivity contribution in [2.45, 2.75) is 13.8 Å². The highest BCUT2D eigenvalue weighted by atomic mass is 32.1. The van der Waals surface area contributed by atoms with Gasteiger partial charge in [0.2, 0.25) is 5.13 Å². The van der Waals surface area contributed by atoms with Crippen molar-refractivity contribution in [3.63, 3.8) is 0 Å². The van der Waals surface area contributed by atoms with Gasteiger partial charge in [-0.15, -0.1) is 0 Å². The van der Waals surface area contributed by atoms with Gasteiger partial charge in [-0.2, -0.15) is 4.37 Å². The van der Waals surface area contributed by atoms with E-state index in [1.54, 1.807) is 25.1 Å². The van der Waals surface area contributed by atoms with Crippen molar-refractivity contribution in [3.05, 3.63) is 35.2 Å². The molecule has 0 aliphatic carbocycles. The maximum absolute atomic E-state index is 11.8. The maximum Gasteiger partial charge on any atom is 0.261 e. The number of anilines is 1. The summed E-state index contributed by atoms with van der Waals surface area (Å²) in [4.78, 5) is 15.8.